The van der Waals surface area contributed by atoms with Crippen molar-refractivity contribution in [1.29, 1.82) is 0 Å². The van der Waals surface area contributed by atoms with Gasteiger partial charge in [-0.1, -0.05) is 12.1 Å². The number of amides is 1. The summed E-state index contributed by atoms with van der Waals surface area (Å²) >= 11 is 0. The zero-order valence-electron chi connectivity index (χ0n) is 15.7. The van der Waals surface area contributed by atoms with E-state index in [4.69, 9.17) is 4.74 Å². The fourth-order valence-corrected chi connectivity index (χ4v) is 3.41. The van der Waals surface area contributed by atoms with Gasteiger partial charge in [-0.05, 0) is 57.7 Å². The average Bonchev–Trinajstić information content (AvgIpc) is 2.62. The maximum Gasteiger partial charge on any atom is 0.417 e. The van der Waals surface area contributed by atoms with Crippen LogP contribution in [0.5, 0.6) is 6.01 Å². The Balaban J connectivity index is 1.57. The first-order chi connectivity index (χ1) is 13.2. The molecular weight excluding hydrogens is 371 g/mol. The van der Waals surface area contributed by atoms with Crippen molar-refractivity contribution in [2.75, 3.05) is 0 Å². The molecule has 8 heteroatoms. The van der Waals surface area contributed by atoms with E-state index >= 15 is 0 Å². The van der Waals surface area contributed by atoms with E-state index in [9.17, 15) is 18.0 Å². The van der Waals surface area contributed by atoms with E-state index in [0.717, 1.165) is 17.5 Å². The fourth-order valence-electron chi connectivity index (χ4n) is 3.41. The van der Waals surface area contributed by atoms with Crippen molar-refractivity contribution in [2.24, 2.45) is 0 Å². The molecule has 2 aromatic rings. The molecule has 1 aliphatic carbocycles. The first-order valence-corrected chi connectivity index (χ1v) is 9.18. The molecule has 1 amide bonds. The van der Waals surface area contributed by atoms with E-state index in [1.807, 2.05) is 19.9 Å². The highest BCUT2D eigenvalue weighted by Crippen LogP contribution is 2.32. The van der Waals surface area contributed by atoms with Gasteiger partial charge in [-0.2, -0.15) is 13.2 Å². The molecule has 0 unspecified atom stereocenters. The number of ether oxygens (including phenoxy) is 1. The van der Waals surface area contributed by atoms with Crippen LogP contribution in [0, 0.1) is 13.8 Å². The van der Waals surface area contributed by atoms with Gasteiger partial charge in [0.2, 0.25) is 0 Å². The zero-order valence-corrected chi connectivity index (χ0v) is 15.7. The van der Waals surface area contributed by atoms with E-state index in [2.05, 4.69) is 15.3 Å². The summed E-state index contributed by atoms with van der Waals surface area (Å²) in [5.41, 5.74) is 0.382. The minimum Gasteiger partial charge on any atom is -0.460 e. The van der Waals surface area contributed by atoms with E-state index < -0.39 is 17.6 Å². The standard InChI is InChI=1S/C20H22F3N3O2/c1-12-11-13(2)25-19(24-12)28-15-9-7-14(8-10-15)26-18(27)16-5-3-4-6-17(16)20(21,22)23/h3-6,11,14-15H,7-10H2,1-2H3,(H,26,27). The summed E-state index contributed by atoms with van der Waals surface area (Å²) in [5.74, 6) is -0.699. The van der Waals surface area contributed by atoms with E-state index in [1.54, 1.807) is 0 Å². The summed E-state index contributed by atoms with van der Waals surface area (Å²) in [6, 6.07) is 6.83. The van der Waals surface area contributed by atoms with Crippen molar-refractivity contribution in [2.45, 2.75) is 57.9 Å². The Labute approximate surface area is 161 Å². The molecule has 1 fully saturated rings. The maximum atomic E-state index is 13.1. The largest absolute Gasteiger partial charge is 0.460 e. The van der Waals surface area contributed by atoms with Crippen molar-refractivity contribution in [3.63, 3.8) is 0 Å². The molecule has 3 rings (SSSR count). The molecule has 0 bridgehead atoms. The van der Waals surface area contributed by atoms with Crippen molar-refractivity contribution in [3.05, 3.63) is 52.8 Å². The Kier molecular flexibility index (Phi) is 5.86. The Morgan fingerprint density at radius 3 is 2.29 bits per heavy atom. The van der Waals surface area contributed by atoms with Gasteiger partial charge in [0, 0.05) is 17.4 Å². The van der Waals surface area contributed by atoms with Crippen LogP contribution in [0.3, 0.4) is 0 Å². The van der Waals surface area contributed by atoms with E-state index in [-0.39, 0.29) is 17.7 Å². The van der Waals surface area contributed by atoms with Gasteiger partial charge >= 0.3 is 12.2 Å². The summed E-state index contributed by atoms with van der Waals surface area (Å²) in [5, 5.41) is 2.72. The lowest BCUT2D eigenvalue weighted by atomic mass is 9.92. The second-order valence-corrected chi connectivity index (χ2v) is 7.04. The minimum absolute atomic E-state index is 0.0724. The van der Waals surface area contributed by atoms with Crippen molar-refractivity contribution >= 4 is 5.91 Å². The number of carbonyl (C=O) groups excluding carboxylic acids is 1. The lowest BCUT2D eigenvalue weighted by molar-refractivity contribution is -0.137. The third-order valence-electron chi connectivity index (χ3n) is 4.72. The lowest BCUT2D eigenvalue weighted by Gasteiger charge is -2.29. The number of aromatic nitrogens is 2. The number of nitrogens with zero attached hydrogens (tertiary/aromatic N) is 2. The molecule has 5 nitrogen and oxygen atoms in total. The van der Waals surface area contributed by atoms with Gasteiger partial charge in [0.05, 0.1) is 11.1 Å². The number of alkyl halides is 3. The van der Waals surface area contributed by atoms with Crippen LogP contribution in [0.1, 0.15) is 53.0 Å². The van der Waals surface area contributed by atoms with Gasteiger partial charge in [-0.15, -0.1) is 0 Å². The van der Waals surface area contributed by atoms with Gasteiger partial charge in [0.1, 0.15) is 6.10 Å². The van der Waals surface area contributed by atoms with Crippen LogP contribution in [-0.2, 0) is 6.18 Å². The molecular formula is C20H22F3N3O2. The highest BCUT2D eigenvalue weighted by atomic mass is 19.4. The number of aryl methyl sites for hydroxylation is 2. The quantitative estimate of drug-likeness (QED) is 0.844. The van der Waals surface area contributed by atoms with Crippen LogP contribution in [0.4, 0.5) is 13.2 Å². The Morgan fingerprint density at radius 2 is 1.68 bits per heavy atom. The second kappa shape index (κ2) is 8.16. The molecule has 0 spiro atoms. The van der Waals surface area contributed by atoms with Gasteiger partial charge in [0.15, 0.2) is 0 Å². The second-order valence-electron chi connectivity index (χ2n) is 7.04. The Hall–Kier alpha value is -2.64. The molecule has 1 saturated carbocycles. The molecule has 0 aliphatic heterocycles. The topological polar surface area (TPSA) is 64.1 Å². The number of nitrogens with one attached hydrogen (secondary N) is 1. The third-order valence-corrected chi connectivity index (χ3v) is 4.72. The van der Waals surface area contributed by atoms with Crippen LogP contribution in [0.2, 0.25) is 0 Å². The van der Waals surface area contributed by atoms with Crippen molar-refractivity contribution in [3.8, 4) is 6.01 Å². The van der Waals surface area contributed by atoms with Gasteiger partial charge in [-0.25, -0.2) is 9.97 Å². The lowest BCUT2D eigenvalue weighted by Crippen LogP contribution is -2.40. The zero-order chi connectivity index (χ0) is 20.3. The molecule has 0 saturated heterocycles. The van der Waals surface area contributed by atoms with Crippen LogP contribution in [0.25, 0.3) is 0 Å². The summed E-state index contributed by atoms with van der Waals surface area (Å²) in [6.07, 6.45) is -2.06. The van der Waals surface area contributed by atoms with Crippen LogP contribution in [0.15, 0.2) is 30.3 Å². The molecule has 1 aromatic carbocycles. The fraction of sp³-hybridized carbons (Fsp3) is 0.450. The SMILES string of the molecule is Cc1cc(C)nc(OC2CCC(NC(=O)c3ccccc3C(F)(F)F)CC2)n1. The molecule has 1 N–H and O–H groups in total. The number of carbonyl (C=O) groups is 1. The van der Waals surface area contributed by atoms with E-state index in [0.29, 0.717) is 31.7 Å². The molecule has 1 aromatic heterocycles. The smallest absolute Gasteiger partial charge is 0.417 e. The number of rotatable bonds is 4. The van der Waals surface area contributed by atoms with Gasteiger partial charge in [-0.3, -0.25) is 4.79 Å². The highest BCUT2D eigenvalue weighted by molar-refractivity contribution is 5.96. The molecule has 0 radical (unpaired) electrons. The number of hydrogen-bond acceptors (Lipinski definition) is 4. The summed E-state index contributed by atoms with van der Waals surface area (Å²) < 4.78 is 45.1. The van der Waals surface area contributed by atoms with Crippen LogP contribution >= 0.6 is 0 Å². The minimum atomic E-state index is -4.56. The predicted molar refractivity (Wildman–Crippen MR) is 97.1 cm³/mol. The Morgan fingerprint density at radius 1 is 1.07 bits per heavy atom. The summed E-state index contributed by atoms with van der Waals surface area (Å²) in [4.78, 5) is 20.9. The van der Waals surface area contributed by atoms with E-state index in [1.165, 1.54) is 18.2 Å². The van der Waals surface area contributed by atoms with Crippen molar-refractivity contribution < 1.29 is 22.7 Å². The van der Waals surface area contributed by atoms with Gasteiger partial charge in [0.25, 0.3) is 5.91 Å². The van der Waals surface area contributed by atoms with Gasteiger partial charge < -0.3 is 10.1 Å². The molecule has 28 heavy (non-hydrogen) atoms. The third kappa shape index (κ3) is 4.99. The Bertz CT molecular complexity index is 827. The summed E-state index contributed by atoms with van der Waals surface area (Å²) in [7, 11) is 0. The average molecular weight is 393 g/mol. The monoisotopic (exact) mass is 393 g/mol. The first kappa shape index (κ1) is 20.1. The molecule has 0 atom stereocenters. The molecule has 1 heterocycles. The summed E-state index contributed by atoms with van der Waals surface area (Å²) in [6.45, 7) is 3.74. The number of benzene rings is 1. The maximum absolute atomic E-state index is 13.1. The molecule has 150 valence electrons. The highest BCUT2D eigenvalue weighted by Gasteiger charge is 2.35. The normalized spacial score (nSPS) is 19.9. The van der Waals surface area contributed by atoms with Crippen LogP contribution in [-0.4, -0.2) is 28.0 Å². The number of halogens is 3. The first-order valence-electron chi connectivity index (χ1n) is 9.18. The van der Waals surface area contributed by atoms with Crippen molar-refractivity contribution in [1.82, 2.24) is 15.3 Å². The predicted octanol–water partition coefficient (Wildman–Crippen LogP) is 4.23. The van der Waals surface area contributed by atoms with Crippen LogP contribution < -0.4 is 10.1 Å². The number of hydrogen-bond donors (Lipinski definition) is 1. The molecule has 1 aliphatic rings.